The maximum atomic E-state index is 12.9. The zero-order chi connectivity index (χ0) is 9.30. The van der Waals surface area contributed by atoms with E-state index in [2.05, 4.69) is 0 Å². The number of alkyl halides is 2. The van der Waals surface area contributed by atoms with Gasteiger partial charge in [-0.3, -0.25) is 0 Å². The molecule has 0 spiro atoms. The molecule has 0 saturated heterocycles. The lowest BCUT2D eigenvalue weighted by atomic mass is 10.2. The minimum atomic E-state index is -1.09. The van der Waals surface area contributed by atoms with Gasteiger partial charge >= 0.3 is 0 Å². The highest BCUT2D eigenvalue weighted by molar-refractivity contribution is 6.44. The van der Waals surface area contributed by atoms with Gasteiger partial charge in [-0.05, 0) is 12.1 Å². The fourth-order valence-electron chi connectivity index (χ4n) is 0.705. The van der Waals surface area contributed by atoms with Crippen molar-refractivity contribution in [2.24, 2.45) is 0 Å². The molecule has 0 unspecified atom stereocenters. The smallest absolute Gasteiger partial charge is 0.142 e. The fraction of sp³-hybridized carbons (Fsp3) is 0.143. The van der Waals surface area contributed by atoms with Crippen molar-refractivity contribution in [1.29, 1.82) is 0 Å². The molecule has 0 atom stereocenters. The Morgan fingerprint density at radius 2 is 1.67 bits per heavy atom. The summed E-state index contributed by atoms with van der Waals surface area (Å²) in [5, 5.41) is -0.287. The van der Waals surface area contributed by atoms with E-state index in [1.165, 1.54) is 0 Å². The lowest BCUT2D eigenvalue weighted by molar-refractivity contribution is 0.590. The summed E-state index contributed by atoms with van der Waals surface area (Å²) in [6.45, 7) is 0. The summed E-state index contributed by atoms with van der Waals surface area (Å²) in [6, 6.07) is 1.71. The highest BCUT2D eigenvalue weighted by Gasteiger charge is 2.13. The van der Waals surface area contributed by atoms with Crippen molar-refractivity contribution in [2.45, 2.75) is 4.84 Å². The van der Waals surface area contributed by atoms with Crippen LogP contribution in [0, 0.1) is 11.6 Å². The van der Waals surface area contributed by atoms with Crippen LogP contribution in [0.25, 0.3) is 0 Å². The van der Waals surface area contributed by atoms with E-state index < -0.39 is 16.5 Å². The minimum absolute atomic E-state index is 0.111. The molecule has 1 rings (SSSR count). The molecule has 5 heteroatoms. The second-order valence-electron chi connectivity index (χ2n) is 2.09. The van der Waals surface area contributed by atoms with E-state index in [1.807, 2.05) is 0 Å². The molecule has 0 aromatic heterocycles. The molecule has 0 aliphatic carbocycles. The van der Waals surface area contributed by atoms with Crippen LogP contribution in [0.3, 0.4) is 0 Å². The van der Waals surface area contributed by atoms with E-state index in [0.29, 0.717) is 0 Å². The Balaban J connectivity index is 3.23. The Morgan fingerprint density at radius 1 is 1.08 bits per heavy atom. The van der Waals surface area contributed by atoms with E-state index in [-0.39, 0.29) is 10.6 Å². The van der Waals surface area contributed by atoms with Gasteiger partial charge in [0.15, 0.2) is 0 Å². The highest BCUT2D eigenvalue weighted by atomic mass is 35.5. The maximum absolute atomic E-state index is 12.9. The topological polar surface area (TPSA) is 0 Å². The minimum Gasteiger partial charge on any atom is -0.207 e. The van der Waals surface area contributed by atoms with E-state index in [1.54, 1.807) is 0 Å². The van der Waals surface area contributed by atoms with Crippen molar-refractivity contribution in [1.82, 2.24) is 0 Å². The molecule has 0 aliphatic rings. The van der Waals surface area contributed by atoms with Crippen LogP contribution in [-0.2, 0) is 0 Å². The number of halogens is 5. The summed E-state index contributed by atoms with van der Waals surface area (Å²) >= 11 is 16.0. The second kappa shape index (κ2) is 3.77. The van der Waals surface area contributed by atoms with Gasteiger partial charge < -0.3 is 0 Å². The predicted molar refractivity (Wildman–Crippen MR) is 45.8 cm³/mol. The number of hydrogen-bond acceptors (Lipinski definition) is 0. The van der Waals surface area contributed by atoms with Gasteiger partial charge in [0.1, 0.15) is 16.5 Å². The first-order valence-electron chi connectivity index (χ1n) is 2.95. The molecule has 0 amide bonds. The third-order valence-corrected chi connectivity index (χ3v) is 2.03. The van der Waals surface area contributed by atoms with Crippen molar-refractivity contribution >= 4 is 34.8 Å². The number of hydrogen-bond donors (Lipinski definition) is 0. The number of rotatable bonds is 1. The van der Waals surface area contributed by atoms with E-state index >= 15 is 0 Å². The summed E-state index contributed by atoms with van der Waals surface area (Å²) in [5.41, 5.74) is -0.111. The van der Waals surface area contributed by atoms with Crippen molar-refractivity contribution in [3.05, 3.63) is 34.4 Å². The lowest BCUT2D eigenvalue weighted by Crippen LogP contribution is -1.91. The molecular weight excluding hydrogens is 228 g/mol. The summed E-state index contributed by atoms with van der Waals surface area (Å²) in [6.07, 6.45) is 0. The van der Waals surface area contributed by atoms with Crippen LogP contribution in [0.15, 0.2) is 12.1 Å². The molecule has 0 nitrogen and oxygen atoms in total. The van der Waals surface area contributed by atoms with Gasteiger partial charge in [0.25, 0.3) is 0 Å². The standard InChI is InChI=1S/C7H3Cl3F2/c8-4-2-5(11)3(7(9)10)1-6(4)12/h1-2,7H. The van der Waals surface area contributed by atoms with Gasteiger partial charge in [0, 0.05) is 5.56 Å². The van der Waals surface area contributed by atoms with Gasteiger partial charge in [0.2, 0.25) is 0 Å². The molecule has 0 aliphatic heterocycles. The van der Waals surface area contributed by atoms with Crippen molar-refractivity contribution in [2.75, 3.05) is 0 Å². The first-order chi connectivity index (χ1) is 5.52. The highest BCUT2D eigenvalue weighted by Crippen LogP contribution is 2.30. The monoisotopic (exact) mass is 230 g/mol. The molecule has 66 valence electrons. The molecule has 1 aromatic carbocycles. The van der Waals surface area contributed by atoms with Gasteiger partial charge in [-0.2, -0.15) is 0 Å². The van der Waals surface area contributed by atoms with Gasteiger partial charge in [-0.15, -0.1) is 0 Å². The molecule has 0 fully saturated rings. The molecule has 0 radical (unpaired) electrons. The Hall–Kier alpha value is -0.0500. The zero-order valence-electron chi connectivity index (χ0n) is 5.62. The normalized spacial score (nSPS) is 10.8. The van der Waals surface area contributed by atoms with Crippen molar-refractivity contribution in [3.63, 3.8) is 0 Å². The average molecular weight is 231 g/mol. The molecule has 0 bridgehead atoms. The first-order valence-corrected chi connectivity index (χ1v) is 4.20. The largest absolute Gasteiger partial charge is 0.207 e. The van der Waals surface area contributed by atoms with Gasteiger partial charge in [-0.25, -0.2) is 8.78 Å². The predicted octanol–water partition coefficient (Wildman–Crippen LogP) is 4.09. The summed E-state index contributed by atoms with van der Waals surface area (Å²) in [7, 11) is 0. The van der Waals surface area contributed by atoms with Crippen LogP contribution < -0.4 is 0 Å². The van der Waals surface area contributed by atoms with Crippen LogP contribution >= 0.6 is 34.8 Å². The van der Waals surface area contributed by atoms with Crippen LogP contribution in [-0.4, -0.2) is 0 Å². The lowest BCUT2D eigenvalue weighted by Gasteiger charge is -2.03. The Bertz CT molecular complexity index is 299. The quantitative estimate of drug-likeness (QED) is 0.504. The van der Waals surface area contributed by atoms with Gasteiger partial charge in [-0.1, -0.05) is 34.8 Å². The van der Waals surface area contributed by atoms with Crippen LogP contribution in [0.1, 0.15) is 10.4 Å². The summed E-state index contributed by atoms with van der Waals surface area (Å²) in [4.78, 5) is -1.09. The molecule has 0 N–H and O–H groups in total. The fourth-order valence-corrected chi connectivity index (χ4v) is 1.19. The summed E-state index contributed by atoms with van der Waals surface area (Å²) < 4.78 is 25.6. The van der Waals surface area contributed by atoms with Crippen molar-refractivity contribution in [3.8, 4) is 0 Å². The first kappa shape index (κ1) is 10.0. The maximum Gasteiger partial charge on any atom is 0.142 e. The Morgan fingerprint density at radius 3 is 2.17 bits per heavy atom. The Kier molecular flexibility index (Phi) is 3.16. The van der Waals surface area contributed by atoms with E-state index in [4.69, 9.17) is 34.8 Å². The van der Waals surface area contributed by atoms with Gasteiger partial charge in [0.05, 0.1) is 5.02 Å². The van der Waals surface area contributed by atoms with Crippen LogP contribution in [0.4, 0.5) is 8.78 Å². The van der Waals surface area contributed by atoms with Crippen LogP contribution in [0.5, 0.6) is 0 Å². The zero-order valence-corrected chi connectivity index (χ0v) is 7.89. The summed E-state index contributed by atoms with van der Waals surface area (Å²) in [5.74, 6) is -1.45. The molecular formula is C7H3Cl3F2. The number of benzene rings is 1. The molecule has 0 saturated carbocycles. The van der Waals surface area contributed by atoms with Crippen LogP contribution in [0.2, 0.25) is 5.02 Å². The molecule has 12 heavy (non-hydrogen) atoms. The third-order valence-electron chi connectivity index (χ3n) is 1.27. The molecule has 0 heterocycles. The average Bonchev–Trinajstić information content (AvgIpc) is 1.96. The van der Waals surface area contributed by atoms with E-state index in [0.717, 1.165) is 12.1 Å². The second-order valence-corrected chi connectivity index (χ2v) is 3.59. The van der Waals surface area contributed by atoms with E-state index in [9.17, 15) is 8.78 Å². The van der Waals surface area contributed by atoms with Crippen molar-refractivity contribution < 1.29 is 8.78 Å². The Labute approximate surface area is 83.0 Å². The molecule has 1 aromatic rings. The third kappa shape index (κ3) is 2.00. The SMILES string of the molecule is Fc1cc(C(Cl)Cl)c(F)cc1Cl.